The summed E-state index contributed by atoms with van der Waals surface area (Å²) >= 11 is 0. The van der Waals surface area contributed by atoms with Gasteiger partial charge in [0.05, 0.1) is 23.2 Å². The molecule has 3 rings (SSSR count). The number of carbonyl (C=O) groups excluding carboxylic acids is 2. The summed E-state index contributed by atoms with van der Waals surface area (Å²) in [6, 6.07) is 3.26. The highest BCUT2D eigenvalue weighted by Crippen LogP contribution is 2.24. The zero-order valence-corrected chi connectivity index (χ0v) is 16.3. The van der Waals surface area contributed by atoms with E-state index in [1.54, 1.807) is 32.9 Å². The van der Waals surface area contributed by atoms with Gasteiger partial charge in [0.15, 0.2) is 0 Å². The van der Waals surface area contributed by atoms with Crippen molar-refractivity contribution in [3.05, 3.63) is 29.6 Å². The molecule has 0 bridgehead atoms. The molecule has 27 heavy (non-hydrogen) atoms. The molecule has 0 saturated heterocycles. The van der Waals surface area contributed by atoms with Crippen LogP contribution in [0.4, 0.5) is 4.79 Å². The number of hydrogen-bond acceptors (Lipinski definition) is 5. The lowest BCUT2D eigenvalue weighted by molar-refractivity contribution is 0.0544. The molecule has 2 N–H and O–H groups in total. The van der Waals surface area contributed by atoms with E-state index in [0.29, 0.717) is 23.0 Å². The Hall–Kier alpha value is -2.41. The Bertz CT molecular complexity index is 866. The molecule has 1 aliphatic carbocycles. The zero-order valence-electron chi connectivity index (χ0n) is 16.3. The average molecular weight is 373 g/mol. The number of rotatable bonds is 2. The summed E-state index contributed by atoms with van der Waals surface area (Å²) in [6.45, 7) is 7.20. The van der Waals surface area contributed by atoms with Gasteiger partial charge in [0, 0.05) is 11.9 Å². The second-order valence-electron chi connectivity index (χ2n) is 8.15. The molecule has 146 valence electrons. The predicted molar refractivity (Wildman–Crippen MR) is 102 cm³/mol. The summed E-state index contributed by atoms with van der Waals surface area (Å²) in [5.74, 6) is -0.341. The average Bonchev–Trinajstić information content (AvgIpc) is 2.94. The largest absolute Gasteiger partial charge is 0.443 e. The summed E-state index contributed by atoms with van der Waals surface area (Å²) in [6.07, 6.45) is 3.72. The van der Waals surface area contributed by atoms with Crippen molar-refractivity contribution in [1.82, 2.24) is 14.9 Å². The maximum Gasteiger partial charge on any atom is 0.419 e. The molecule has 1 fully saturated rings. The van der Waals surface area contributed by atoms with Crippen LogP contribution < -0.4 is 5.32 Å². The predicted octanol–water partition coefficient (Wildman–Crippen LogP) is 3.16. The van der Waals surface area contributed by atoms with Gasteiger partial charge in [0.25, 0.3) is 5.91 Å². The molecular formula is C20H27N3O4. The van der Waals surface area contributed by atoms with Crippen molar-refractivity contribution in [2.75, 3.05) is 0 Å². The summed E-state index contributed by atoms with van der Waals surface area (Å²) in [7, 11) is 0. The van der Waals surface area contributed by atoms with E-state index in [9.17, 15) is 14.7 Å². The summed E-state index contributed by atoms with van der Waals surface area (Å²) in [4.78, 5) is 29.9. The first-order chi connectivity index (χ1) is 12.7. The highest BCUT2D eigenvalue weighted by molar-refractivity contribution is 6.07. The molecule has 0 unspecified atom stereocenters. The minimum atomic E-state index is -0.652. The van der Waals surface area contributed by atoms with E-state index in [-0.39, 0.29) is 11.9 Å². The number of nitrogens with zero attached hydrogens (tertiary/aromatic N) is 2. The van der Waals surface area contributed by atoms with Gasteiger partial charge in [0.1, 0.15) is 11.1 Å². The van der Waals surface area contributed by atoms with E-state index < -0.39 is 17.8 Å². The molecule has 0 radical (unpaired) electrons. The Morgan fingerprint density at radius 1 is 1.26 bits per heavy atom. The monoisotopic (exact) mass is 373 g/mol. The molecule has 0 spiro atoms. The normalized spacial score (nSPS) is 20.5. The number of carbonyl (C=O) groups is 2. The maximum absolute atomic E-state index is 12.9. The van der Waals surface area contributed by atoms with Crippen LogP contribution in [0.5, 0.6) is 0 Å². The summed E-state index contributed by atoms with van der Waals surface area (Å²) in [5.41, 5.74) is 1.36. The molecule has 0 aliphatic heterocycles. The van der Waals surface area contributed by atoms with Gasteiger partial charge >= 0.3 is 6.09 Å². The van der Waals surface area contributed by atoms with E-state index in [0.717, 1.165) is 25.0 Å². The third-order valence-corrected chi connectivity index (χ3v) is 4.67. The number of aryl methyl sites for hydroxylation is 1. The topological polar surface area (TPSA) is 93.5 Å². The Kier molecular flexibility index (Phi) is 5.24. The summed E-state index contributed by atoms with van der Waals surface area (Å²) in [5, 5.41) is 13.0. The third kappa shape index (κ3) is 4.30. The molecule has 2 aromatic heterocycles. The van der Waals surface area contributed by atoms with E-state index in [2.05, 4.69) is 10.3 Å². The van der Waals surface area contributed by atoms with Crippen LogP contribution in [0.1, 0.15) is 62.5 Å². The molecule has 2 atom stereocenters. The van der Waals surface area contributed by atoms with Gasteiger partial charge in [-0.2, -0.15) is 0 Å². The first-order valence-corrected chi connectivity index (χ1v) is 9.37. The first-order valence-electron chi connectivity index (χ1n) is 9.37. The van der Waals surface area contributed by atoms with Gasteiger partial charge in [-0.05, 0) is 52.7 Å². The number of aliphatic hydroxyl groups is 1. The zero-order chi connectivity index (χ0) is 19.8. The molecule has 1 amide bonds. The fraction of sp³-hybridized carbons (Fsp3) is 0.550. The van der Waals surface area contributed by atoms with Crippen LogP contribution >= 0.6 is 0 Å². The van der Waals surface area contributed by atoms with Gasteiger partial charge < -0.3 is 15.2 Å². The highest BCUT2D eigenvalue weighted by Gasteiger charge is 2.28. The SMILES string of the molecule is Cc1ccc2c(n1)c(C(=O)N[C@H]1CCCC[C@@H]1O)cn2C(=O)OC(C)(C)C. The number of aromatic nitrogens is 2. The molecule has 1 aliphatic rings. The molecule has 2 aromatic rings. The van der Waals surface area contributed by atoms with E-state index in [1.807, 2.05) is 6.92 Å². The first kappa shape index (κ1) is 19.4. The van der Waals surface area contributed by atoms with Gasteiger partial charge in [-0.1, -0.05) is 12.8 Å². The van der Waals surface area contributed by atoms with Gasteiger partial charge in [-0.15, -0.1) is 0 Å². The number of ether oxygens (including phenoxy) is 1. The van der Waals surface area contributed by atoms with E-state index in [1.165, 1.54) is 10.8 Å². The standard InChI is InChI=1S/C20H27N3O4/c1-12-9-10-15-17(21-12)13(11-23(15)19(26)27-20(2,3)4)18(25)22-14-7-5-6-8-16(14)24/h9-11,14,16,24H,5-8H2,1-4H3,(H,22,25)/t14-,16-/m0/s1. The number of nitrogens with one attached hydrogen (secondary N) is 1. The van der Waals surface area contributed by atoms with Gasteiger partial charge in [0.2, 0.25) is 0 Å². The van der Waals surface area contributed by atoms with Crippen molar-refractivity contribution >= 4 is 23.0 Å². The van der Waals surface area contributed by atoms with Crippen molar-refractivity contribution in [2.24, 2.45) is 0 Å². The highest BCUT2D eigenvalue weighted by atomic mass is 16.6. The maximum atomic E-state index is 12.9. The van der Waals surface area contributed by atoms with Crippen LogP contribution in [0.15, 0.2) is 18.3 Å². The second kappa shape index (κ2) is 7.31. The lowest BCUT2D eigenvalue weighted by Crippen LogP contribution is -2.45. The molecular weight excluding hydrogens is 346 g/mol. The number of amides is 1. The Morgan fingerprint density at radius 2 is 1.96 bits per heavy atom. The Labute approximate surface area is 158 Å². The molecule has 1 saturated carbocycles. The lowest BCUT2D eigenvalue weighted by atomic mass is 9.92. The second-order valence-corrected chi connectivity index (χ2v) is 8.15. The van der Waals surface area contributed by atoms with E-state index in [4.69, 9.17) is 4.74 Å². The van der Waals surface area contributed by atoms with Crippen LogP contribution in [0, 0.1) is 6.92 Å². The fourth-order valence-electron chi connectivity index (χ4n) is 3.36. The quantitative estimate of drug-likeness (QED) is 0.843. The number of hydrogen-bond donors (Lipinski definition) is 2. The Balaban J connectivity index is 1.96. The number of aliphatic hydroxyl groups excluding tert-OH is 1. The molecule has 0 aromatic carbocycles. The van der Waals surface area contributed by atoms with Crippen LogP contribution in [-0.4, -0.2) is 44.4 Å². The number of pyridine rings is 1. The van der Waals surface area contributed by atoms with Gasteiger partial charge in [-0.3, -0.25) is 14.3 Å². The van der Waals surface area contributed by atoms with Crippen molar-refractivity contribution < 1.29 is 19.4 Å². The van der Waals surface area contributed by atoms with Crippen LogP contribution in [0.2, 0.25) is 0 Å². The van der Waals surface area contributed by atoms with Crippen LogP contribution in [-0.2, 0) is 4.74 Å². The molecule has 7 nitrogen and oxygen atoms in total. The Morgan fingerprint density at radius 3 is 2.63 bits per heavy atom. The summed E-state index contributed by atoms with van der Waals surface area (Å²) < 4.78 is 6.77. The van der Waals surface area contributed by atoms with Crippen LogP contribution in [0.3, 0.4) is 0 Å². The van der Waals surface area contributed by atoms with Crippen molar-refractivity contribution in [2.45, 2.75) is 71.1 Å². The van der Waals surface area contributed by atoms with Gasteiger partial charge in [-0.25, -0.2) is 4.79 Å². The smallest absolute Gasteiger partial charge is 0.419 e. The number of fused-ring (bicyclic) bond motifs is 1. The third-order valence-electron chi connectivity index (χ3n) is 4.67. The fourth-order valence-corrected chi connectivity index (χ4v) is 3.36. The lowest BCUT2D eigenvalue weighted by Gasteiger charge is -2.28. The van der Waals surface area contributed by atoms with Crippen molar-refractivity contribution in [3.8, 4) is 0 Å². The molecule has 7 heteroatoms. The minimum absolute atomic E-state index is 0.281. The van der Waals surface area contributed by atoms with E-state index >= 15 is 0 Å². The van der Waals surface area contributed by atoms with Crippen LogP contribution in [0.25, 0.3) is 11.0 Å². The van der Waals surface area contributed by atoms with Crippen molar-refractivity contribution in [3.63, 3.8) is 0 Å². The van der Waals surface area contributed by atoms with Crippen molar-refractivity contribution in [1.29, 1.82) is 0 Å². The molecule has 2 heterocycles. The minimum Gasteiger partial charge on any atom is -0.443 e.